The third kappa shape index (κ3) is 3.19. The number of nitrogens with zero attached hydrogens (tertiary/aromatic N) is 1. The zero-order chi connectivity index (χ0) is 12.3. The van der Waals surface area contributed by atoms with E-state index in [0.717, 1.165) is 45.6 Å². The lowest BCUT2D eigenvalue weighted by atomic mass is 9.91. The molecule has 98 valence electrons. The number of hydrogen-bond acceptors (Lipinski definition) is 3. The van der Waals surface area contributed by atoms with E-state index in [1.54, 1.807) is 7.11 Å². The van der Waals surface area contributed by atoms with Crippen molar-refractivity contribution in [3.63, 3.8) is 0 Å². The van der Waals surface area contributed by atoms with Crippen LogP contribution in [0.25, 0.3) is 0 Å². The van der Waals surface area contributed by atoms with Gasteiger partial charge in [0.1, 0.15) is 0 Å². The standard InChI is InChI=1S/C13H24N2O2/c1-10-5-12(7-14-6-10)13(16)15-4-3-11(8-15)9-17-2/h10-12,14H,3-9H2,1-2H3. The van der Waals surface area contributed by atoms with E-state index >= 15 is 0 Å². The number of amides is 1. The molecule has 3 atom stereocenters. The topological polar surface area (TPSA) is 41.6 Å². The van der Waals surface area contributed by atoms with E-state index in [4.69, 9.17) is 4.74 Å². The molecule has 1 amide bonds. The molecule has 0 aromatic carbocycles. The van der Waals surface area contributed by atoms with Gasteiger partial charge in [0.25, 0.3) is 0 Å². The number of nitrogens with one attached hydrogen (secondary N) is 1. The van der Waals surface area contributed by atoms with Crippen molar-refractivity contribution < 1.29 is 9.53 Å². The Morgan fingerprint density at radius 2 is 2.29 bits per heavy atom. The van der Waals surface area contributed by atoms with E-state index in [2.05, 4.69) is 12.2 Å². The maximum atomic E-state index is 12.3. The van der Waals surface area contributed by atoms with Gasteiger partial charge in [-0.2, -0.15) is 0 Å². The first kappa shape index (κ1) is 12.8. The summed E-state index contributed by atoms with van der Waals surface area (Å²) in [5.41, 5.74) is 0. The molecule has 0 aliphatic carbocycles. The van der Waals surface area contributed by atoms with E-state index in [-0.39, 0.29) is 5.92 Å². The number of carbonyl (C=O) groups is 1. The molecule has 0 spiro atoms. The maximum Gasteiger partial charge on any atom is 0.226 e. The highest BCUT2D eigenvalue weighted by Crippen LogP contribution is 2.23. The Morgan fingerprint density at radius 3 is 3.00 bits per heavy atom. The van der Waals surface area contributed by atoms with E-state index in [9.17, 15) is 4.79 Å². The Labute approximate surface area is 104 Å². The molecule has 1 N–H and O–H groups in total. The fourth-order valence-corrected chi connectivity index (χ4v) is 3.01. The van der Waals surface area contributed by atoms with Crippen molar-refractivity contribution in [2.45, 2.75) is 19.8 Å². The fourth-order valence-electron chi connectivity index (χ4n) is 3.01. The van der Waals surface area contributed by atoms with Crippen molar-refractivity contribution in [1.29, 1.82) is 0 Å². The van der Waals surface area contributed by atoms with Crippen LogP contribution in [-0.4, -0.2) is 50.7 Å². The van der Waals surface area contributed by atoms with Crippen LogP contribution >= 0.6 is 0 Å². The zero-order valence-electron chi connectivity index (χ0n) is 10.9. The highest BCUT2D eigenvalue weighted by molar-refractivity contribution is 5.79. The summed E-state index contributed by atoms with van der Waals surface area (Å²) in [5.74, 6) is 1.70. The van der Waals surface area contributed by atoms with Gasteiger partial charge in [0.05, 0.1) is 12.5 Å². The van der Waals surface area contributed by atoms with Gasteiger partial charge in [-0.05, 0) is 25.3 Å². The quantitative estimate of drug-likeness (QED) is 0.790. The summed E-state index contributed by atoms with van der Waals surface area (Å²) >= 11 is 0. The van der Waals surface area contributed by atoms with Gasteiger partial charge in [-0.3, -0.25) is 4.79 Å². The van der Waals surface area contributed by atoms with Crippen LogP contribution in [0.2, 0.25) is 0 Å². The van der Waals surface area contributed by atoms with Gasteiger partial charge >= 0.3 is 0 Å². The third-order valence-corrected chi connectivity index (χ3v) is 3.92. The van der Waals surface area contributed by atoms with Gasteiger partial charge in [-0.25, -0.2) is 0 Å². The van der Waals surface area contributed by atoms with Gasteiger partial charge in [0.2, 0.25) is 5.91 Å². The average Bonchev–Trinajstić information content (AvgIpc) is 2.77. The Hall–Kier alpha value is -0.610. The van der Waals surface area contributed by atoms with Crippen LogP contribution in [0.5, 0.6) is 0 Å². The molecule has 4 nitrogen and oxygen atoms in total. The van der Waals surface area contributed by atoms with Gasteiger partial charge in [-0.15, -0.1) is 0 Å². The van der Waals surface area contributed by atoms with Crippen molar-refractivity contribution in [3.8, 4) is 0 Å². The minimum atomic E-state index is 0.194. The molecule has 2 fully saturated rings. The van der Waals surface area contributed by atoms with E-state index in [1.165, 1.54) is 0 Å². The second kappa shape index (κ2) is 5.83. The van der Waals surface area contributed by atoms with Gasteiger partial charge < -0.3 is 15.0 Å². The first-order valence-electron chi connectivity index (χ1n) is 6.69. The molecule has 0 saturated carbocycles. The molecule has 0 aromatic rings. The normalized spacial score (nSPS) is 34.0. The minimum absolute atomic E-state index is 0.194. The average molecular weight is 240 g/mol. The van der Waals surface area contributed by atoms with Gasteiger partial charge in [-0.1, -0.05) is 6.92 Å². The molecule has 2 aliphatic heterocycles. The monoisotopic (exact) mass is 240 g/mol. The summed E-state index contributed by atoms with van der Waals surface area (Å²) in [6, 6.07) is 0. The van der Waals surface area contributed by atoms with Crippen LogP contribution in [0.1, 0.15) is 19.8 Å². The number of carbonyl (C=O) groups excluding carboxylic acids is 1. The Balaban J connectivity index is 1.83. The van der Waals surface area contributed by atoms with Crippen LogP contribution in [0, 0.1) is 17.8 Å². The van der Waals surface area contributed by atoms with Crippen molar-refractivity contribution in [1.82, 2.24) is 10.2 Å². The molecule has 2 rings (SSSR count). The third-order valence-electron chi connectivity index (χ3n) is 3.92. The molecule has 2 aliphatic rings. The Morgan fingerprint density at radius 1 is 1.47 bits per heavy atom. The Kier molecular flexibility index (Phi) is 4.40. The smallest absolute Gasteiger partial charge is 0.226 e. The minimum Gasteiger partial charge on any atom is -0.384 e. The summed E-state index contributed by atoms with van der Waals surface area (Å²) in [7, 11) is 1.73. The van der Waals surface area contributed by atoms with Crippen molar-refractivity contribution in [2.75, 3.05) is 39.9 Å². The van der Waals surface area contributed by atoms with Crippen LogP contribution in [-0.2, 0) is 9.53 Å². The summed E-state index contributed by atoms with van der Waals surface area (Å²) < 4.78 is 5.17. The Bertz CT molecular complexity index is 270. The number of rotatable bonds is 3. The lowest BCUT2D eigenvalue weighted by molar-refractivity contribution is -0.135. The first-order chi connectivity index (χ1) is 8.20. The second-order valence-electron chi connectivity index (χ2n) is 5.59. The first-order valence-corrected chi connectivity index (χ1v) is 6.69. The number of methoxy groups -OCH3 is 1. The zero-order valence-corrected chi connectivity index (χ0v) is 10.9. The van der Waals surface area contributed by atoms with Crippen LogP contribution in [0.3, 0.4) is 0 Å². The van der Waals surface area contributed by atoms with Crippen molar-refractivity contribution in [2.24, 2.45) is 17.8 Å². The van der Waals surface area contributed by atoms with Crippen molar-refractivity contribution >= 4 is 5.91 Å². The van der Waals surface area contributed by atoms with Crippen molar-refractivity contribution in [3.05, 3.63) is 0 Å². The summed E-state index contributed by atoms with van der Waals surface area (Å²) in [6.07, 6.45) is 2.13. The van der Waals surface area contributed by atoms with Crippen LogP contribution < -0.4 is 5.32 Å². The fraction of sp³-hybridized carbons (Fsp3) is 0.923. The van der Waals surface area contributed by atoms with E-state index in [0.29, 0.717) is 17.7 Å². The molecule has 2 saturated heterocycles. The molecule has 3 unspecified atom stereocenters. The summed E-state index contributed by atoms with van der Waals surface area (Å²) in [4.78, 5) is 14.4. The SMILES string of the molecule is COCC1CCN(C(=O)C2CNCC(C)C2)C1. The molecular weight excluding hydrogens is 216 g/mol. The maximum absolute atomic E-state index is 12.3. The van der Waals surface area contributed by atoms with Gasteiger partial charge in [0, 0.05) is 32.7 Å². The highest BCUT2D eigenvalue weighted by Gasteiger charge is 2.32. The lowest BCUT2D eigenvalue weighted by Crippen LogP contribution is -2.44. The molecule has 4 heteroatoms. The summed E-state index contributed by atoms with van der Waals surface area (Å²) in [6.45, 7) is 6.70. The predicted molar refractivity (Wildman–Crippen MR) is 66.7 cm³/mol. The molecule has 0 aromatic heterocycles. The second-order valence-corrected chi connectivity index (χ2v) is 5.59. The molecule has 17 heavy (non-hydrogen) atoms. The van der Waals surface area contributed by atoms with Crippen LogP contribution in [0.15, 0.2) is 0 Å². The summed E-state index contributed by atoms with van der Waals surface area (Å²) in [5, 5.41) is 3.35. The number of ether oxygens (including phenoxy) is 1. The number of hydrogen-bond donors (Lipinski definition) is 1. The molecule has 2 heterocycles. The number of likely N-dealkylation sites (tertiary alicyclic amines) is 1. The molecule has 0 bridgehead atoms. The molecule has 0 radical (unpaired) electrons. The van der Waals surface area contributed by atoms with E-state index < -0.39 is 0 Å². The number of piperidine rings is 1. The highest BCUT2D eigenvalue weighted by atomic mass is 16.5. The lowest BCUT2D eigenvalue weighted by Gasteiger charge is -2.30. The predicted octanol–water partition coefficient (Wildman–Crippen LogP) is 0.727. The van der Waals surface area contributed by atoms with Crippen LogP contribution in [0.4, 0.5) is 0 Å². The largest absolute Gasteiger partial charge is 0.384 e. The molecular formula is C13H24N2O2. The van der Waals surface area contributed by atoms with E-state index in [1.807, 2.05) is 4.90 Å². The van der Waals surface area contributed by atoms with Gasteiger partial charge in [0.15, 0.2) is 0 Å².